The Morgan fingerprint density at radius 2 is 1.85 bits per heavy atom. The van der Waals surface area contributed by atoms with Gasteiger partial charge in [0, 0.05) is 47.8 Å². The molecule has 138 valence electrons. The number of pyridine rings is 1. The van der Waals surface area contributed by atoms with Crippen molar-refractivity contribution in [3.63, 3.8) is 0 Å². The third kappa shape index (κ3) is 3.19. The lowest BCUT2D eigenvalue weighted by Crippen LogP contribution is -2.19. The molecule has 9 heteroatoms. The van der Waals surface area contributed by atoms with Crippen molar-refractivity contribution in [2.45, 2.75) is 6.36 Å². The second-order valence-corrected chi connectivity index (χ2v) is 5.93. The molecular formula is C18H13F3N4O2. The Morgan fingerprint density at radius 3 is 2.48 bits per heavy atom. The van der Waals surface area contributed by atoms with E-state index in [4.69, 9.17) is 0 Å². The van der Waals surface area contributed by atoms with Gasteiger partial charge in [0.2, 0.25) is 0 Å². The number of fused-ring (bicyclic) bond motifs is 1. The lowest BCUT2D eigenvalue weighted by Gasteiger charge is -2.12. The predicted molar refractivity (Wildman–Crippen MR) is 92.8 cm³/mol. The maximum atomic E-state index is 12.8. The highest BCUT2D eigenvalue weighted by atomic mass is 19.4. The Hall–Kier alpha value is -3.49. The van der Waals surface area contributed by atoms with Gasteiger partial charge in [-0.15, -0.1) is 13.2 Å². The first-order valence-electron chi connectivity index (χ1n) is 7.90. The van der Waals surface area contributed by atoms with Crippen LogP contribution in [-0.4, -0.2) is 25.7 Å². The van der Waals surface area contributed by atoms with E-state index in [1.807, 2.05) is 6.20 Å². The van der Waals surface area contributed by atoms with Crippen molar-refractivity contribution in [2.75, 3.05) is 0 Å². The smallest absolute Gasteiger partial charge is 0.406 e. The number of nitrogens with zero attached hydrogens (tertiary/aromatic N) is 3. The normalized spacial score (nSPS) is 11.9. The van der Waals surface area contributed by atoms with E-state index in [-0.39, 0.29) is 11.3 Å². The van der Waals surface area contributed by atoms with Crippen LogP contribution in [0.1, 0.15) is 0 Å². The number of alkyl halides is 3. The summed E-state index contributed by atoms with van der Waals surface area (Å²) in [6.07, 6.45) is 2.04. The summed E-state index contributed by atoms with van der Waals surface area (Å²) < 4.78 is 43.9. The third-order valence-electron chi connectivity index (χ3n) is 4.09. The number of hydrogen-bond donors (Lipinski definition) is 1. The standard InChI is InChI=1S/C18H13F3N4O2/c1-24-9-11(8-23-24)15-10-25(17(26)16-14(15)6-7-22-16)12-2-4-13(5-3-12)27-18(19,20)21/h2-10,22H,1H3. The third-order valence-corrected chi connectivity index (χ3v) is 4.09. The summed E-state index contributed by atoms with van der Waals surface area (Å²) in [5.74, 6) is -0.354. The molecule has 0 spiro atoms. The zero-order valence-corrected chi connectivity index (χ0v) is 14.0. The van der Waals surface area contributed by atoms with Crippen LogP contribution in [-0.2, 0) is 7.05 Å². The molecule has 0 aliphatic rings. The summed E-state index contributed by atoms with van der Waals surface area (Å²) in [5.41, 5.74) is 2.08. The molecule has 3 aromatic heterocycles. The zero-order valence-electron chi connectivity index (χ0n) is 14.0. The summed E-state index contributed by atoms with van der Waals surface area (Å²) in [6.45, 7) is 0. The maximum Gasteiger partial charge on any atom is 0.573 e. The minimum Gasteiger partial charge on any atom is -0.406 e. The summed E-state index contributed by atoms with van der Waals surface area (Å²) in [4.78, 5) is 15.7. The van der Waals surface area contributed by atoms with Crippen molar-refractivity contribution < 1.29 is 17.9 Å². The fraction of sp³-hybridized carbons (Fsp3) is 0.111. The van der Waals surface area contributed by atoms with E-state index in [9.17, 15) is 18.0 Å². The van der Waals surface area contributed by atoms with Gasteiger partial charge in [0.15, 0.2) is 0 Å². The number of rotatable bonds is 3. The van der Waals surface area contributed by atoms with Crippen LogP contribution in [0.5, 0.6) is 5.75 Å². The molecule has 0 aliphatic heterocycles. The lowest BCUT2D eigenvalue weighted by molar-refractivity contribution is -0.274. The van der Waals surface area contributed by atoms with Gasteiger partial charge in [-0.2, -0.15) is 5.10 Å². The van der Waals surface area contributed by atoms with Crippen molar-refractivity contribution in [3.8, 4) is 22.6 Å². The number of aromatic amines is 1. The molecule has 0 saturated carbocycles. The van der Waals surface area contributed by atoms with E-state index in [1.54, 1.807) is 36.4 Å². The van der Waals surface area contributed by atoms with Crippen LogP contribution in [0.2, 0.25) is 0 Å². The minimum atomic E-state index is -4.77. The van der Waals surface area contributed by atoms with E-state index in [2.05, 4.69) is 14.8 Å². The first kappa shape index (κ1) is 17.0. The Kier molecular flexibility index (Phi) is 3.79. The van der Waals surface area contributed by atoms with E-state index in [0.717, 1.165) is 28.6 Å². The van der Waals surface area contributed by atoms with E-state index in [1.165, 1.54) is 16.7 Å². The molecule has 27 heavy (non-hydrogen) atoms. The number of halogens is 3. The molecule has 0 atom stereocenters. The van der Waals surface area contributed by atoms with E-state index in [0.29, 0.717) is 11.2 Å². The molecule has 3 heterocycles. The monoisotopic (exact) mass is 374 g/mol. The average molecular weight is 374 g/mol. The first-order valence-corrected chi connectivity index (χ1v) is 7.90. The average Bonchev–Trinajstić information content (AvgIpc) is 3.24. The number of aryl methyl sites for hydroxylation is 1. The molecule has 4 rings (SSSR count). The molecule has 4 aromatic rings. The minimum absolute atomic E-state index is 0.313. The highest BCUT2D eigenvalue weighted by Gasteiger charge is 2.31. The number of benzene rings is 1. The van der Waals surface area contributed by atoms with Crippen molar-refractivity contribution in [2.24, 2.45) is 7.05 Å². The summed E-state index contributed by atoms with van der Waals surface area (Å²) in [7, 11) is 1.78. The highest BCUT2D eigenvalue weighted by molar-refractivity contribution is 5.94. The van der Waals surface area contributed by atoms with Gasteiger partial charge < -0.3 is 9.72 Å². The zero-order chi connectivity index (χ0) is 19.2. The Morgan fingerprint density at radius 1 is 1.11 bits per heavy atom. The van der Waals surface area contributed by atoms with Crippen molar-refractivity contribution in [1.82, 2.24) is 19.3 Å². The second-order valence-electron chi connectivity index (χ2n) is 5.93. The molecule has 0 bridgehead atoms. The van der Waals surface area contributed by atoms with Gasteiger partial charge >= 0.3 is 6.36 Å². The van der Waals surface area contributed by atoms with Crippen LogP contribution < -0.4 is 10.3 Å². The molecule has 0 radical (unpaired) electrons. The number of ether oxygens (including phenoxy) is 1. The summed E-state index contributed by atoms with van der Waals surface area (Å²) >= 11 is 0. The second kappa shape index (κ2) is 6.04. The molecular weight excluding hydrogens is 361 g/mol. The molecule has 0 fully saturated rings. The fourth-order valence-electron chi connectivity index (χ4n) is 2.94. The van der Waals surface area contributed by atoms with Gasteiger partial charge in [0.1, 0.15) is 11.3 Å². The van der Waals surface area contributed by atoms with Crippen molar-refractivity contribution in [3.05, 3.63) is 65.5 Å². The largest absolute Gasteiger partial charge is 0.573 e. The van der Waals surface area contributed by atoms with Crippen LogP contribution in [0.3, 0.4) is 0 Å². The summed E-state index contributed by atoms with van der Waals surface area (Å²) in [6, 6.07) is 6.91. The highest BCUT2D eigenvalue weighted by Crippen LogP contribution is 2.28. The Labute approximate surface area is 150 Å². The van der Waals surface area contributed by atoms with Gasteiger partial charge in [-0.1, -0.05) is 0 Å². The number of H-pyrrole nitrogens is 1. The van der Waals surface area contributed by atoms with Gasteiger partial charge in [0.25, 0.3) is 5.56 Å². The van der Waals surface area contributed by atoms with Crippen LogP contribution in [0, 0.1) is 0 Å². The van der Waals surface area contributed by atoms with Crippen molar-refractivity contribution in [1.29, 1.82) is 0 Å². The number of nitrogens with one attached hydrogen (secondary N) is 1. The molecule has 6 nitrogen and oxygen atoms in total. The van der Waals surface area contributed by atoms with Crippen LogP contribution in [0.4, 0.5) is 13.2 Å². The van der Waals surface area contributed by atoms with Crippen LogP contribution >= 0.6 is 0 Å². The summed E-state index contributed by atoms with van der Waals surface area (Å²) in [5, 5.41) is 4.89. The predicted octanol–water partition coefficient (Wildman–Crippen LogP) is 3.62. The molecule has 1 N–H and O–H groups in total. The molecule has 1 aromatic carbocycles. The van der Waals surface area contributed by atoms with Gasteiger partial charge in [-0.3, -0.25) is 14.0 Å². The number of aromatic nitrogens is 4. The molecule has 0 saturated heterocycles. The fourth-order valence-corrected chi connectivity index (χ4v) is 2.94. The van der Waals surface area contributed by atoms with Crippen molar-refractivity contribution >= 4 is 10.9 Å². The maximum absolute atomic E-state index is 12.8. The first-order chi connectivity index (χ1) is 12.8. The number of hydrogen-bond acceptors (Lipinski definition) is 3. The Balaban J connectivity index is 1.85. The lowest BCUT2D eigenvalue weighted by atomic mass is 10.1. The van der Waals surface area contributed by atoms with E-state index >= 15 is 0 Å². The van der Waals surface area contributed by atoms with Crippen LogP contribution in [0.15, 0.2) is 59.9 Å². The molecule has 0 unspecified atom stereocenters. The quantitative estimate of drug-likeness (QED) is 0.596. The van der Waals surface area contributed by atoms with Gasteiger partial charge in [-0.05, 0) is 30.3 Å². The van der Waals surface area contributed by atoms with Gasteiger partial charge in [-0.25, -0.2) is 0 Å². The van der Waals surface area contributed by atoms with Crippen LogP contribution in [0.25, 0.3) is 27.7 Å². The Bertz CT molecular complexity index is 1170. The topological polar surface area (TPSA) is 64.8 Å². The van der Waals surface area contributed by atoms with Gasteiger partial charge in [0.05, 0.1) is 6.20 Å². The molecule has 0 aliphatic carbocycles. The molecule has 0 amide bonds. The SMILES string of the molecule is Cn1cc(-c2cn(-c3ccc(OC(F)(F)F)cc3)c(=O)c3[nH]ccc23)cn1. The van der Waals surface area contributed by atoms with E-state index < -0.39 is 6.36 Å².